The van der Waals surface area contributed by atoms with E-state index in [2.05, 4.69) is 20.9 Å². The Morgan fingerprint density at radius 3 is 2.76 bits per heavy atom. The summed E-state index contributed by atoms with van der Waals surface area (Å²) < 4.78 is 5.39. The first kappa shape index (κ1) is 16.7. The van der Waals surface area contributed by atoms with Gasteiger partial charge in [0, 0.05) is 25.4 Å². The van der Waals surface area contributed by atoms with E-state index < -0.39 is 0 Å². The van der Waals surface area contributed by atoms with Crippen LogP contribution < -0.4 is 16.0 Å². The van der Waals surface area contributed by atoms with Crippen molar-refractivity contribution in [1.82, 2.24) is 20.9 Å². The SMILES string of the molecule is CCOCCNC1NC(C(=O)NC(C2CC2)C2CC2)=C2C=CC=CN21. The van der Waals surface area contributed by atoms with Crippen LogP contribution in [0, 0.1) is 11.8 Å². The van der Waals surface area contributed by atoms with Gasteiger partial charge < -0.3 is 20.3 Å². The molecule has 0 aromatic rings. The van der Waals surface area contributed by atoms with Gasteiger partial charge >= 0.3 is 0 Å². The highest BCUT2D eigenvalue weighted by molar-refractivity contribution is 5.95. The number of fused-ring (bicyclic) bond motifs is 1. The Hall–Kier alpha value is -1.79. The van der Waals surface area contributed by atoms with E-state index in [9.17, 15) is 4.79 Å². The molecule has 6 heteroatoms. The van der Waals surface area contributed by atoms with E-state index in [0.717, 1.165) is 12.2 Å². The summed E-state index contributed by atoms with van der Waals surface area (Å²) in [6, 6.07) is 0.365. The Labute approximate surface area is 149 Å². The maximum Gasteiger partial charge on any atom is 0.269 e. The third-order valence-corrected chi connectivity index (χ3v) is 5.28. The highest BCUT2D eigenvalue weighted by Gasteiger charge is 2.43. The van der Waals surface area contributed by atoms with Crippen molar-refractivity contribution in [2.45, 2.75) is 44.9 Å². The van der Waals surface area contributed by atoms with E-state index in [1.807, 2.05) is 31.4 Å². The van der Waals surface area contributed by atoms with Crippen molar-refractivity contribution >= 4 is 5.91 Å². The van der Waals surface area contributed by atoms with Gasteiger partial charge in [0.2, 0.25) is 0 Å². The van der Waals surface area contributed by atoms with Crippen molar-refractivity contribution in [3.63, 3.8) is 0 Å². The normalized spacial score (nSPS) is 24.7. The van der Waals surface area contributed by atoms with Crippen LogP contribution in [-0.4, -0.2) is 42.9 Å². The Morgan fingerprint density at radius 1 is 1.32 bits per heavy atom. The number of allylic oxidation sites excluding steroid dienone is 3. The zero-order valence-corrected chi connectivity index (χ0v) is 14.8. The molecule has 4 aliphatic rings. The van der Waals surface area contributed by atoms with Crippen LogP contribution >= 0.6 is 0 Å². The summed E-state index contributed by atoms with van der Waals surface area (Å²) >= 11 is 0. The fourth-order valence-electron chi connectivity index (χ4n) is 3.67. The van der Waals surface area contributed by atoms with Gasteiger partial charge in [0.1, 0.15) is 5.70 Å². The quantitative estimate of drug-likeness (QED) is 0.552. The van der Waals surface area contributed by atoms with Gasteiger partial charge in [-0.05, 0) is 56.6 Å². The first-order chi connectivity index (χ1) is 12.3. The van der Waals surface area contributed by atoms with E-state index in [1.165, 1.54) is 25.7 Å². The molecular formula is C19H28N4O2. The second-order valence-electron chi connectivity index (χ2n) is 7.24. The number of carbonyl (C=O) groups excluding carboxylic acids is 1. The second-order valence-corrected chi connectivity index (χ2v) is 7.24. The molecule has 1 amide bonds. The number of nitrogens with one attached hydrogen (secondary N) is 3. The van der Waals surface area contributed by atoms with Gasteiger partial charge in [0.05, 0.1) is 12.3 Å². The lowest BCUT2D eigenvalue weighted by Crippen LogP contribution is -2.49. The highest BCUT2D eigenvalue weighted by atomic mass is 16.5. The number of carbonyl (C=O) groups is 1. The molecule has 0 bridgehead atoms. The van der Waals surface area contributed by atoms with Gasteiger partial charge in [0.15, 0.2) is 6.29 Å². The van der Waals surface area contributed by atoms with Gasteiger partial charge in [-0.25, -0.2) is 0 Å². The molecule has 0 aromatic carbocycles. The van der Waals surface area contributed by atoms with Crippen LogP contribution in [0.2, 0.25) is 0 Å². The molecule has 4 rings (SSSR count). The lowest BCUT2D eigenvalue weighted by Gasteiger charge is -2.26. The van der Waals surface area contributed by atoms with E-state index in [1.54, 1.807) is 0 Å². The molecule has 2 heterocycles. The lowest BCUT2D eigenvalue weighted by molar-refractivity contribution is -0.118. The molecule has 0 aromatic heterocycles. The minimum absolute atomic E-state index is 0.0258. The molecule has 0 radical (unpaired) electrons. The molecule has 2 saturated carbocycles. The smallest absolute Gasteiger partial charge is 0.269 e. The van der Waals surface area contributed by atoms with E-state index in [-0.39, 0.29) is 12.2 Å². The number of nitrogens with zero attached hydrogens (tertiary/aromatic N) is 1. The molecular weight excluding hydrogens is 316 g/mol. The van der Waals surface area contributed by atoms with Crippen LogP contribution in [-0.2, 0) is 9.53 Å². The summed E-state index contributed by atoms with van der Waals surface area (Å²) in [7, 11) is 0. The molecule has 0 spiro atoms. The number of hydrogen-bond donors (Lipinski definition) is 3. The van der Waals surface area contributed by atoms with Crippen molar-refractivity contribution in [1.29, 1.82) is 0 Å². The monoisotopic (exact) mass is 344 g/mol. The molecule has 25 heavy (non-hydrogen) atoms. The van der Waals surface area contributed by atoms with Gasteiger partial charge in [-0.1, -0.05) is 6.08 Å². The standard InChI is InChI=1S/C19H28N4O2/c1-2-25-12-10-20-19-22-17(15-5-3-4-11-23(15)19)18(24)21-16(13-6-7-13)14-8-9-14/h3-5,11,13-14,16,19-20,22H,2,6-10,12H2,1H3,(H,21,24). The zero-order chi connectivity index (χ0) is 17.2. The Balaban J connectivity index is 1.41. The summed E-state index contributed by atoms with van der Waals surface area (Å²) in [5.74, 6) is 1.42. The van der Waals surface area contributed by atoms with E-state index in [0.29, 0.717) is 36.8 Å². The summed E-state index contributed by atoms with van der Waals surface area (Å²) in [6.45, 7) is 4.09. The molecule has 2 fully saturated rings. The summed E-state index contributed by atoms with van der Waals surface area (Å²) in [6.07, 6.45) is 12.9. The van der Waals surface area contributed by atoms with Gasteiger partial charge in [-0.2, -0.15) is 0 Å². The fourth-order valence-corrected chi connectivity index (χ4v) is 3.67. The maximum absolute atomic E-state index is 12.9. The van der Waals surface area contributed by atoms with Crippen molar-refractivity contribution in [2.75, 3.05) is 19.8 Å². The minimum atomic E-state index is -0.113. The Morgan fingerprint density at radius 2 is 2.08 bits per heavy atom. The third kappa shape index (κ3) is 3.75. The average Bonchev–Trinajstić information content (AvgIpc) is 3.54. The molecule has 0 saturated heterocycles. The Bertz CT molecular complexity index is 593. The second kappa shape index (κ2) is 7.22. The van der Waals surface area contributed by atoms with Gasteiger partial charge in [-0.15, -0.1) is 0 Å². The van der Waals surface area contributed by atoms with E-state index >= 15 is 0 Å². The first-order valence-corrected chi connectivity index (χ1v) is 9.54. The number of amides is 1. The lowest BCUT2D eigenvalue weighted by atomic mass is 10.1. The number of ether oxygens (including phenoxy) is 1. The molecule has 2 aliphatic carbocycles. The summed E-state index contributed by atoms with van der Waals surface area (Å²) in [4.78, 5) is 15.0. The fraction of sp³-hybridized carbons (Fsp3) is 0.632. The predicted molar refractivity (Wildman–Crippen MR) is 95.9 cm³/mol. The third-order valence-electron chi connectivity index (χ3n) is 5.28. The topological polar surface area (TPSA) is 65.6 Å². The molecule has 1 atom stereocenters. The van der Waals surface area contributed by atoms with Crippen LogP contribution in [0.1, 0.15) is 32.6 Å². The molecule has 3 N–H and O–H groups in total. The summed E-state index contributed by atoms with van der Waals surface area (Å²) in [5, 5.41) is 10.1. The molecule has 1 unspecified atom stereocenters. The van der Waals surface area contributed by atoms with E-state index in [4.69, 9.17) is 4.74 Å². The van der Waals surface area contributed by atoms with Crippen molar-refractivity contribution in [3.8, 4) is 0 Å². The van der Waals surface area contributed by atoms with Crippen LogP contribution in [0.25, 0.3) is 0 Å². The van der Waals surface area contributed by atoms with Crippen molar-refractivity contribution < 1.29 is 9.53 Å². The highest BCUT2D eigenvalue weighted by Crippen LogP contribution is 2.44. The van der Waals surface area contributed by atoms with Crippen LogP contribution in [0.3, 0.4) is 0 Å². The zero-order valence-electron chi connectivity index (χ0n) is 14.8. The Kier molecular flexibility index (Phi) is 4.81. The van der Waals surface area contributed by atoms with Crippen LogP contribution in [0.5, 0.6) is 0 Å². The van der Waals surface area contributed by atoms with Crippen molar-refractivity contribution in [2.24, 2.45) is 11.8 Å². The minimum Gasteiger partial charge on any atom is -0.380 e. The number of hydrogen-bond acceptors (Lipinski definition) is 5. The van der Waals surface area contributed by atoms with Crippen LogP contribution in [0.15, 0.2) is 35.8 Å². The first-order valence-electron chi connectivity index (χ1n) is 9.54. The molecule has 6 nitrogen and oxygen atoms in total. The largest absolute Gasteiger partial charge is 0.380 e. The van der Waals surface area contributed by atoms with Gasteiger partial charge in [-0.3, -0.25) is 10.1 Å². The van der Waals surface area contributed by atoms with Crippen molar-refractivity contribution in [3.05, 3.63) is 35.8 Å². The number of rotatable bonds is 9. The molecule has 136 valence electrons. The predicted octanol–water partition coefficient (Wildman–Crippen LogP) is 1.40. The average molecular weight is 344 g/mol. The summed E-state index contributed by atoms with van der Waals surface area (Å²) in [5.41, 5.74) is 1.60. The van der Waals surface area contributed by atoms with Gasteiger partial charge in [0.25, 0.3) is 5.91 Å². The molecule has 2 aliphatic heterocycles. The van der Waals surface area contributed by atoms with Crippen LogP contribution in [0.4, 0.5) is 0 Å². The maximum atomic E-state index is 12.9.